The number of halogens is 1. The Morgan fingerprint density at radius 3 is 2.87 bits per heavy atom. The number of piperidine rings is 1. The highest BCUT2D eigenvalue weighted by Gasteiger charge is 2.23. The minimum atomic E-state index is -0.181. The fraction of sp³-hybridized carbons (Fsp3) is 0.533. The Labute approximate surface area is 146 Å². The highest BCUT2D eigenvalue weighted by atomic mass is 35.5. The third-order valence-corrected chi connectivity index (χ3v) is 5.14. The second kappa shape index (κ2) is 7.90. The van der Waals surface area contributed by atoms with E-state index in [1.54, 1.807) is 16.0 Å². The van der Waals surface area contributed by atoms with Crippen LogP contribution >= 0.6 is 23.7 Å². The van der Waals surface area contributed by atoms with E-state index in [0.717, 1.165) is 36.6 Å². The third-order valence-electron chi connectivity index (χ3n) is 4.08. The van der Waals surface area contributed by atoms with Crippen molar-refractivity contribution in [3.63, 3.8) is 0 Å². The lowest BCUT2D eigenvalue weighted by Crippen LogP contribution is -2.27. The number of aromatic nitrogens is 3. The lowest BCUT2D eigenvalue weighted by atomic mass is 9.98. The molecule has 8 heteroatoms. The molecular weight excluding hydrogens is 334 g/mol. The fourth-order valence-electron chi connectivity index (χ4n) is 2.65. The number of anilines is 1. The topological polar surface area (TPSA) is 71.8 Å². The van der Waals surface area contributed by atoms with E-state index in [0.29, 0.717) is 11.9 Å². The van der Waals surface area contributed by atoms with Crippen molar-refractivity contribution in [3.8, 4) is 0 Å². The molecule has 6 nitrogen and oxygen atoms in total. The Morgan fingerprint density at radius 2 is 2.22 bits per heavy atom. The lowest BCUT2D eigenvalue weighted by molar-refractivity contribution is -0.117. The molecule has 1 fully saturated rings. The molecule has 1 aliphatic rings. The van der Waals surface area contributed by atoms with Gasteiger partial charge in [-0.15, -0.1) is 23.7 Å². The predicted octanol–water partition coefficient (Wildman–Crippen LogP) is 2.51. The first-order valence-corrected chi connectivity index (χ1v) is 8.49. The van der Waals surface area contributed by atoms with Crippen LogP contribution in [-0.4, -0.2) is 33.8 Å². The van der Waals surface area contributed by atoms with E-state index in [9.17, 15) is 4.79 Å². The van der Waals surface area contributed by atoms with Crippen molar-refractivity contribution in [1.29, 1.82) is 0 Å². The largest absolute Gasteiger partial charge is 0.317 e. The number of rotatable bonds is 4. The third kappa shape index (κ3) is 4.10. The quantitative estimate of drug-likeness (QED) is 0.884. The summed E-state index contributed by atoms with van der Waals surface area (Å²) < 4.78 is 1.66. The molecule has 1 saturated heterocycles. The van der Waals surface area contributed by atoms with Gasteiger partial charge in [-0.2, -0.15) is 10.1 Å². The Kier molecular flexibility index (Phi) is 6.15. The number of aryl methyl sites for hydroxylation is 1. The van der Waals surface area contributed by atoms with Crippen molar-refractivity contribution in [2.24, 2.45) is 7.05 Å². The molecule has 0 radical (unpaired) electrons. The summed E-state index contributed by atoms with van der Waals surface area (Å²) in [5, 5.41) is 12.7. The second-order valence-corrected chi connectivity index (χ2v) is 6.65. The van der Waals surface area contributed by atoms with Crippen molar-refractivity contribution in [2.45, 2.75) is 31.6 Å². The highest BCUT2D eigenvalue weighted by Crippen LogP contribution is 2.25. The molecule has 2 aromatic rings. The molecule has 1 atom stereocenters. The summed E-state index contributed by atoms with van der Waals surface area (Å²) in [6.07, 6.45) is 2.09. The normalized spacial score (nSPS) is 16.6. The molecule has 0 spiro atoms. The van der Waals surface area contributed by atoms with Gasteiger partial charge < -0.3 is 5.32 Å². The minimum absolute atomic E-state index is 0. The number of hydrogen-bond acceptors (Lipinski definition) is 5. The Morgan fingerprint density at radius 1 is 1.48 bits per heavy atom. The average molecular weight is 356 g/mol. The van der Waals surface area contributed by atoms with Crippen LogP contribution < -0.4 is 10.6 Å². The van der Waals surface area contributed by atoms with Crippen molar-refractivity contribution in [1.82, 2.24) is 20.1 Å². The molecular formula is C15H22ClN5OS. The van der Waals surface area contributed by atoms with Gasteiger partial charge in [0.05, 0.1) is 5.92 Å². The van der Waals surface area contributed by atoms with Crippen molar-refractivity contribution < 1.29 is 4.79 Å². The number of nitrogens with one attached hydrogen (secondary N) is 2. The number of nitrogens with zero attached hydrogens (tertiary/aromatic N) is 3. The van der Waals surface area contributed by atoms with Crippen LogP contribution in [0.5, 0.6) is 0 Å². The SMILES string of the molecule is CC(C(=O)Nc1nc(C2CCNCC2)nn1C)c1cccs1.Cl. The summed E-state index contributed by atoms with van der Waals surface area (Å²) in [5.74, 6) is 1.52. The van der Waals surface area contributed by atoms with Crippen LogP contribution in [0.25, 0.3) is 0 Å². The van der Waals surface area contributed by atoms with Gasteiger partial charge in [-0.05, 0) is 44.3 Å². The summed E-state index contributed by atoms with van der Waals surface area (Å²) >= 11 is 1.59. The molecule has 1 amide bonds. The molecule has 3 heterocycles. The molecule has 0 saturated carbocycles. The van der Waals surface area contributed by atoms with Crippen LogP contribution in [0.2, 0.25) is 0 Å². The van der Waals surface area contributed by atoms with Gasteiger partial charge >= 0.3 is 0 Å². The van der Waals surface area contributed by atoms with E-state index < -0.39 is 0 Å². The van der Waals surface area contributed by atoms with Crippen LogP contribution in [0, 0.1) is 0 Å². The van der Waals surface area contributed by atoms with Gasteiger partial charge in [0.15, 0.2) is 5.82 Å². The maximum Gasteiger partial charge on any atom is 0.234 e. The number of carbonyl (C=O) groups is 1. The number of thiophene rings is 1. The molecule has 3 rings (SSSR count). The van der Waals surface area contributed by atoms with Crippen LogP contribution in [0.3, 0.4) is 0 Å². The first-order chi connectivity index (χ1) is 10.6. The van der Waals surface area contributed by atoms with Gasteiger partial charge in [0.1, 0.15) is 0 Å². The smallest absolute Gasteiger partial charge is 0.234 e. The standard InChI is InChI=1S/C15H21N5OS.ClH/c1-10(12-4-3-9-22-12)14(21)18-15-17-13(19-20(15)2)11-5-7-16-8-6-11;/h3-4,9-11,16H,5-8H2,1-2H3,(H,17,18,19,21);1H. The highest BCUT2D eigenvalue weighted by molar-refractivity contribution is 7.10. The van der Waals surface area contributed by atoms with Crippen LogP contribution in [-0.2, 0) is 11.8 Å². The molecule has 1 unspecified atom stereocenters. The fourth-order valence-corrected chi connectivity index (χ4v) is 3.43. The second-order valence-electron chi connectivity index (χ2n) is 5.67. The molecule has 0 aliphatic carbocycles. The zero-order valence-electron chi connectivity index (χ0n) is 13.3. The van der Waals surface area contributed by atoms with Crippen LogP contribution in [0.4, 0.5) is 5.95 Å². The molecule has 1 aliphatic heterocycles. The first kappa shape index (κ1) is 17.9. The zero-order chi connectivity index (χ0) is 15.5. The molecule has 0 bridgehead atoms. The summed E-state index contributed by atoms with van der Waals surface area (Å²) in [5.41, 5.74) is 0. The first-order valence-electron chi connectivity index (χ1n) is 7.61. The maximum absolute atomic E-state index is 12.4. The van der Waals surface area contributed by atoms with Crippen LogP contribution in [0.1, 0.15) is 42.3 Å². The van der Waals surface area contributed by atoms with Gasteiger partial charge in [-0.1, -0.05) is 6.07 Å². The minimum Gasteiger partial charge on any atom is -0.317 e. The molecule has 2 N–H and O–H groups in total. The monoisotopic (exact) mass is 355 g/mol. The van der Waals surface area contributed by atoms with Gasteiger partial charge in [-0.3, -0.25) is 10.1 Å². The zero-order valence-corrected chi connectivity index (χ0v) is 14.9. The summed E-state index contributed by atoms with van der Waals surface area (Å²) in [6.45, 7) is 3.91. The van der Waals surface area contributed by atoms with E-state index in [2.05, 4.69) is 20.7 Å². The van der Waals surface area contributed by atoms with E-state index in [-0.39, 0.29) is 24.2 Å². The number of hydrogen-bond donors (Lipinski definition) is 2. The predicted molar refractivity (Wildman–Crippen MR) is 94.5 cm³/mol. The van der Waals surface area contributed by atoms with Crippen molar-refractivity contribution in [3.05, 3.63) is 28.2 Å². The van der Waals surface area contributed by atoms with E-state index in [1.807, 2.05) is 31.5 Å². The average Bonchev–Trinajstić information content (AvgIpc) is 3.18. The lowest BCUT2D eigenvalue weighted by Gasteiger charge is -2.19. The van der Waals surface area contributed by atoms with E-state index >= 15 is 0 Å². The molecule has 2 aromatic heterocycles. The van der Waals surface area contributed by atoms with Gasteiger partial charge in [-0.25, -0.2) is 4.68 Å². The number of amides is 1. The molecule has 23 heavy (non-hydrogen) atoms. The summed E-state index contributed by atoms with van der Waals surface area (Å²) in [6, 6.07) is 3.94. The molecule has 0 aromatic carbocycles. The number of carbonyl (C=O) groups excluding carboxylic acids is 1. The summed E-state index contributed by atoms with van der Waals surface area (Å²) in [4.78, 5) is 17.9. The molecule has 126 valence electrons. The van der Waals surface area contributed by atoms with Gasteiger partial charge in [0.2, 0.25) is 11.9 Å². The Bertz CT molecular complexity index is 636. The van der Waals surface area contributed by atoms with Gasteiger partial charge in [0, 0.05) is 17.8 Å². The Balaban J connectivity index is 0.00000192. The van der Waals surface area contributed by atoms with Gasteiger partial charge in [0.25, 0.3) is 0 Å². The van der Waals surface area contributed by atoms with Crippen LogP contribution in [0.15, 0.2) is 17.5 Å². The van der Waals surface area contributed by atoms with E-state index in [1.165, 1.54) is 0 Å². The maximum atomic E-state index is 12.4. The Hall–Kier alpha value is -1.44. The summed E-state index contributed by atoms with van der Waals surface area (Å²) in [7, 11) is 1.82. The van der Waals surface area contributed by atoms with Crippen molar-refractivity contribution in [2.75, 3.05) is 18.4 Å². The van der Waals surface area contributed by atoms with Crippen molar-refractivity contribution >= 4 is 35.6 Å². The van der Waals surface area contributed by atoms with E-state index in [4.69, 9.17) is 0 Å².